The number of aromatic nitrogens is 3. The maximum atomic E-state index is 12.4. The highest BCUT2D eigenvalue weighted by Gasteiger charge is 2.25. The van der Waals surface area contributed by atoms with Gasteiger partial charge in [-0.1, -0.05) is 11.2 Å². The molecule has 2 aromatic heterocycles. The fourth-order valence-electron chi connectivity index (χ4n) is 2.79. The quantitative estimate of drug-likeness (QED) is 0.749. The van der Waals surface area contributed by atoms with Crippen LogP contribution < -0.4 is 5.32 Å². The van der Waals surface area contributed by atoms with Crippen LogP contribution in [0.25, 0.3) is 11.4 Å². The minimum Gasteiger partial charge on any atom is -0.341 e. The minimum absolute atomic E-state index is 0.306. The van der Waals surface area contributed by atoms with Gasteiger partial charge in [0.2, 0.25) is 11.7 Å². The fraction of sp³-hybridized carbons (Fsp3) is 0.250. The van der Waals surface area contributed by atoms with E-state index in [1.807, 2.05) is 18.2 Å². The highest BCUT2D eigenvalue weighted by Crippen LogP contribution is 2.39. The standard InChI is InChI=1S/C20H17N5O2/c1-12(23-19(26)16-4-2-3-13(9-16)11-21)20-24-18(25-27-20)15-7-8-22-17(10-15)14-5-6-14/h2-4,7-10,12,14H,5-6H2,1H3,(H,23,26). The molecule has 1 amide bonds. The molecule has 1 aliphatic carbocycles. The van der Waals surface area contributed by atoms with Crippen LogP contribution in [0.5, 0.6) is 0 Å². The molecule has 0 bridgehead atoms. The molecule has 1 atom stereocenters. The molecule has 134 valence electrons. The van der Waals surface area contributed by atoms with Crippen molar-refractivity contribution in [2.24, 2.45) is 0 Å². The van der Waals surface area contributed by atoms with Gasteiger partial charge in [-0.05, 0) is 50.1 Å². The summed E-state index contributed by atoms with van der Waals surface area (Å²) >= 11 is 0. The van der Waals surface area contributed by atoms with Gasteiger partial charge in [-0.2, -0.15) is 10.2 Å². The number of nitrogens with one attached hydrogen (secondary N) is 1. The Morgan fingerprint density at radius 2 is 2.19 bits per heavy atom. The van der Waals surface area contributed by atoms with Gasteiger partial charge in [-0.3, -0.25) is 9.78 Å². The molecule has 0 saturated heterocycles. The van der Waals surface area contributed by atoms with E-state index in [1.165, 1.54) is 18.9 Å². The number of pyridine rings is 1. The Morgan fingerprint density at radius 3 is 2.96 bits per heavy atom. The van der Waals surface area contributed by atoms with Gasteiger partial charge in [-0.15, -0.1) is 0 Å². The fourth-order valence-corrected chi connectivity index (χ4v) is 2.79. The monoisotopic (exact) mass is 359 g/mol. The van der Waals surface area contributed by atoms with E-state index >= 15 is 0 Å². The van der Waals surface area contributed by atoms with Crippen LogP contribution in [0.3, 0.4) is 0 Å². The van der Waals surface area contributed by atoms with E-state index in [4.69, 9.17) is 9.78 Å². The summed E-state index contributed by atoms with van der Waals surface area (Å²) in [5.74, 6) is 1.03. The van der Waals surface area contributed by atoms with Gasteiger partial charge in [0, 0.05) is 28.9 Å². The van der Waals surface area contributed by atoms with Crippen LogP contribution in [0.15, 0.2) is 47.1 Å². The van der Waals surface area contributed by atoms with Crippen LogP contribution in [0.1, 0.15) is 59.2 Å². The Hall–Kier alpha value is -3.53. The largest absolute Gasteiger partial charge is 0.341 e. The number of rotatable bonds is 5. The Bertz CT molecular complexity index is 1030. The summed E-state index contributed by atoms with van der Waals surface area (Å²) in [6.45, 7) is 1.77. The summed E-state index contributed by atoms with van der Waals surface area (Å²) in [6, 6.07) is 11.9. The molecular weight excluding hydrogens is 342 g/mol. The first-order valence-corrected chi connectivity index (χ1v) is 8.75. The molecule has 1 fully saturated rings. The second-order valence-corrected chi connectivity index (χ2v) is 6.59. The van der Waals surface area contributed by atoms with Gasteiger partial charge in [0.05, 0.1) is 11.6 Å². The van der Waals surface area contributed by atoms with Gasteiger partial charge in [0.15, 0.2) is 0 Å². The van der Waals surface area contributed by atoms with Gasteiger partial charge in [0.25, 0.3) is 5.91 Å². The third-order valence-electron chi connectivity index (χ3n) is 4.45. The van der Waals surface area contributed by atoms with E-state index in [-0.39, 0.29) is 5.91 Å². The first-order valence-electron chi connectivity index (χ1n) is 8.75. The van der Waals surface area contributed by atoms with Gasteiger partial charge >= 0.3 is 0 Å². The average Bonchev–Trinajstić information content (AvgIpc) is 3.44. The smallest absolute Gasteiger partial charge is 0.251 e. The summed E-state index contributed by atoms with van der Waals surface area (Å²) in [6.07, 6.45) is 4.10. The summed E-state index contributed by atoms with van der Waals surface area (Å²) < 4.78 is 5.33. The van der Waals surface area contributed by atoms with Gasteiger partial charge in [-0.25, -0.2) is 0 Å². The van der Waals surface area contributed by atoms with Crippen molar-refractivity contribution in [2.75, 3.05) is 0 Å². The number of hydrogen-bond donors (Lipinski definition) is 1. The Morgan fingerprint density at radius 1 is 1.33 bits per heavy atom. The molecule has 1 unspecified atom stereocenters. The molecule has 3 aromatic rings. The topological polar surface area (TPSA) is 105 Å². The maximum Gasteiger partial charge on any atom is 0.251 e. The highest BCUT2D eigenvalue weighted by atomic mass is 16.5. The molecule has 4 rings (SSSR count). The Kier molecular flexibility index (Phi) is 4.38. The average molecular weight is 359 g/mol. The normalized spacial score (nSPS) is 14.4. The van der Waals surface area contributed by atoms with Crippen LogP contribution in [0.4, 0.5) is 0 Å². The lowest BCUT2D eigenvalue weighted by atomic mass is 10.1. The molecule has 27 heavy (non-hydrogen) atoms. The highest BCUT2D eigenvalue weighted by molar-refractivity contribution is 5.94. The third-order valence-corrected chi connectivity index (χ3v) is 4.45. The molecule has 0 spiro atoms. The lowest BCUT2D eigenvalue weighted by Gasteiger charge is -2.09. The van der Waals surface area contributed by atoms with Crippen molar-refractivity contribution in [3.8, 4) is 17.5 Å². The lowest BCUT2D eigenvalue weighted by molar-refractivity contribution is 0.0932. The van der Waals surface area contributed by atoms with E-state index in [1.54, 1.807) is 31.3 Å². The maximum absolute atomic E-state index is 12.4. The molecule has 7 heteroatoms. The van der Waals surface area contributed by atoms with Gasteiger partial charge < -0.3 is 9.84 Å². The number of nitrogens with zero attached hydrogens (tertiary/aromatic N) is 4. The van der Waals surface area contributed by atoms with E-state index < -0.39 is 6.04 Å². The van der Waals surface area contributed by atoms with Crippen LogP contribution in [0.2, 0.25) is 0 Å². The molecule has 0 radical (unpaired) electrons. The van der Waals surface area contributed by atoms with Crippen molar-refractivity contribution < 1.29 is 9.32 Å². The first-order chi connectivity index (χ1) is 13.1. The van der Waals surface area contributed by atoms with Gasteiger partial charge in [0.1, 0.15) is 6.04 Å². The van der Waals surface area contributed by atoms with E-state index in [0.717, 1.165) is 11.3 Å². The molecule has 0 aliphatic heterocycles. The number of carbonyl (C=O) groups excluding carboxylic acids is 1. The SMILES string of the molecule is CC(NC(=O)c1cccc(C#N)c1)c1nc(-c2ccnc(C3CC3)c2)no1. The summed E-state index contributed by atoms with van der Waals surface area (Å²) in [5.41, 5.74) is 2.74. The Balaban J connectivity index is 1.48. The molecule has 1 saturated carbocycles. The van der Waals surface area contributed by atoms with E-state index in [9.17, 15) is 4.79 Å². The molecule has 7 nitrogen and oxygen atoms in total. The molecule has 1 aliphatic rings. The summed E-state index contributed by atoms with van der Waals surface area (Å²) in [4.78, 5) is 21.2. The van der Waals surface area contributed by atoms with Crippen LogP contribution in [-0.4, -0.2) is 21.0 Å². The van der Waals surface area contributed by atoms with Crippen molar-refractivity contribution in [3.63, 3.8) is 0 Å². The summed E-state index contributed by atoms with van der Waals surface area (Å²) in [5, 5.41) is 15.8. The number of hydrogen-bond acceptors (Lipinski definition) is 6. The van der Waals surface area contributed by atoms with Crippen LogP contribution in [-0.2, 0) is 0 Å². The zero-order valence-corrected chi connectivity index (χ0v) is 14.7. The first kappa shape index (κ1) is 16.9. The van der Waals surface area contributed by atoms with Crippen LogP contribution in [0, 0.1) is 11.3 Å². The summed E-state index contributed by atoms with van der Waals surface area (Å²) in [7, 11) is 0. The second kappa shape index (κ2) is 7.00. The number of carbonyl (C=O) groups is 1. The van der Waals surface area contributed by atoms with Crippen molar-refractivity contribution >= 4 is 5.91 Å². The van der Waals surface area contributed by atoms with Crippen molar-refractivity contribution in [1.82, 2.24) is 20.4 Å². The van der Waals surface area contributed by atoms with Crippen molar-refractivity contribution in [3.05, 3.63) is 65.3 Å². The Labute approximate surface area is 156 Å². The minimum atomic E-state index is -0.464. The van der Waals surface area contributed by atoms with E-state index in [0.29, 0.717) is 28.8 Å². The molecule has 1 N–H and O–H groups in total. The van der Waals surface area contributed by atoms with Crippen molar-refractivity contribution in [1.29, 1.82) is 5.26 Å². The zero-order chi connectivity index (χ0) is 18.8. The predicted molar refractivity (Wildman–Crippen MR) is 96.5 cm³/mol. The van der Waals surface area contributed by atoms with Crippen molar-refractivity contribution in [2.45, 2.75) is 31.7 Å². The lowest BCUT2D eigenvalue weighted by Crippen LogP contribution is -2.26. The number of benzene rings is 1. The van der Waals surface area contributed by atoms with E-state index in [2.05, 4.69) is 20.4 Å². The number of nitriles is 1. The zero-order valence-electron chi connectivity index (χ0n) is 14.7. The number of amides is 1. The molecule has 2 heterocycles. The predicted octanol–water partition coefficient (Wildman–Crippen LogP) is 3.37. The second-order valence-electron chi connectivity index (χ2n) is 6.59. The molecule has 1 aromatic carbocycles. The van der Waals surface area contributed by atoms with Crippen LogP contribution >= 0.6 is 0 Å². The third kappa shape index (κ3) is 3.70. The molecular formula is C20H17N5O2.